The number of benzene rings is 1. The highest BCUT2D eigenvalue weighted by Gasteiger charge is 2.32. The van der Waals surface area contributed by atoms with E-state index in [-0.39, 0.29) is 12.6 Å². The van der Waals surface area contributed by atoms with Gasteiger partial charge in [0.25, 0.3) is 0 Å². The molecule has 186 valence electrons. The van der Waals surface area contributed by atoms with E-state index in [0.717, 1.165) is 23.6 Å². The first kappa shape index (κ1) is 24.3. The van der Waals surface area contributed by atoms with Crippen LogP contribution in [0, 0.1) is 6.92 Å². The average molecular weight is 490 g/mol. The zero-order valence-electron chi connectivity index (χ0n) is 19.4. The van der Waals surface area contributed by atoms with Crippen molar-refractivity contribution in [1.82, 2.24) is 30.0 Å². The Morgan fingerprint density at radius 1 is 1.11 bits per heavy atom. The van der Waals surface area contributed by atoms with Crippen LogP contribution in [0.1, 0.15) is 24.0 Å². The summed E-state index contributed by atoms with van der Waals surface area (Å²) in [6.07, 6.45) is -1.72. The lowest BCUT2D eigenvalue weighted by molar-refractivity contribution is -0.141. The number of nitrogens with zero attached hydrogens (tertiary/aromatic N) is 6. The van der Waals surface area contributed by atoms with E-state index in [2.05, 4.69) is 25.3 Å². The number of hydrogen-bond donors (Lipinski definition) is 1. The monoisotopic (exact) mass is 489 g/mol. The van der Waals surface area contributed by atoms with Gasteiger partial charge in [0.05, 0.1) is 6.61 Å². The fraction of sp³-hybridized carbons (Fsp3) is 0.391. The van der Waals surface area contributed by atoms with Gasteiger partial charge in [0.15, 0.2) is 0 Å². The molecule has 0 saturated carbocycles. The molecule has 1 saturated heterocycles. The predicted molar refractivity (Wildman–Crippen MR) is 123 cm³/mol. The van der Waals surface area contributed by atoms with E-state index in [9.17, 15) is 18.0 Å². The van der Waals surface area contributed by atoms with E-state index in [4.69, 9.17) is 4.74 Å². The number of alkyl halides is 3. The maximum Gasteiger partial charge on any atom is 0.433 e. The third-order valence-electron chi connectivity index (χ3n) is 5.59. The van der Waals surface area contributed by atoms with E-state index in [1.165, 1.54) is 6.07 Å². The molecule has 2 aromatic heterocycles. The highest BCUT2D eigenvalue weighted by Crippen LogP contribution is 2.29. The SMILES string of the molecule is CCOc1cc(N2CCN(C(=O)NCc3ccc(C(F)(F)F)nc3)CC2)ccc1-n1cnc(C)n1. The summed E-state index contributed by atoms with van der Waals surface area (Å²) >= 11 is 0. The number of ether oxygens (including phenoxy) is 1. The summed E-state index contributed by atoms with van der Waals surface area (Å²) in [4.78, 5) is 24.0. The third-order valence-corrected chi connectivity index (χ3v) is 5.59. The lowest BCUT2D eigenvalue weighted by Crippen LogP contribution is -2.51. The maximum absolute atomic E-state index is 12.6. The van der Waals surface area contributed by atoms with Crippen molar-refractivity contribution in [2.75, 3.05) is 37.7 Å². The van der Waals surface area contributed by atoms with Gasteiger partial charge >= 0.3 is 12.2 Å². The number of carbonyl (C=O) groups is 1. The van der Waals surface area contributed by atoms with Gasteiger partial charge in [-0.05, 0) is 37.6 Å². The predicted octanol–water partition coefficient (Wildman–Crippen LogP) is 3.42. The summed E-state index contributed by atoms with van der Waals surface area (Å²) in [7, 11) is 0. The van der Waals surface area contributed by atoms with Crippen molar-refractivity contribution in [2.45, 2.75) is 26.6 Å². The van der Waals surface area contributed by atoms with Crippen LogP contribution in [0.4, 0.5) is 23.7 Å². The second kappa shape index (κ2) is 10.2. The van der Waals surface area contributed by atoms with Gasteiger partial charge in [-0.3, -0.25) is 4.98 Å². The number of urea groups is 1. The van der Waals surface area contributed by atoms with Gasteiger partial charge in [0.2, 0.25) is 0 Å². The Labute approximate surface area is 200 Å². The smallest absolute Gasteiger partial charge is 0.433 e. The number of aryl methyl sites for hydroxylation is 1. The molecule has 0 spiro atoms. The number of hydrogen-bond acceptors (Lipinski definition) is 6. The molecular weight excluding hydrogens is 463 g/mol. The Hall–Kier alpha value is -3.83. The number of halogens is 3. The number of aromatic nitrogens is 4. The van der Waals surface area contributed by atoms with Crippen LogP contribution in [-0.2, 0) is 12.7 Å². The molecule has 1 aliphatic heterocycles. The molecule has 35 heavy (non-hydrogen) atoms. The molecule has 0 atom stereocenters. The Kier molecular flexibility index (Phi) is 7.08. The van der Waals surface area contributed by atoms with Crippen molar-refractivity contribution in [3.05, 3.63) is 59.9 Å². The Morgan fingerprint density at radius 3 is 2.49 bits per heavy atom. The first-order valence-corrected chi connectivity index (χ1v) is 11.2. The molecule has 3 aromatic rings. The van der Waals surface area contributed by atoms with Gasteiger partial charge in [-0.15, -0.1) is 0 Å². The van der Waals surface area contributed by atoms with Crippen LogP contribution in [0.25, 0.3) is 5.69 Å². The molecule has 2 amide bonds. The van der Waals surface area contributed by atoms with Crippen LogP contribution in [0.3, 0.4) is 0 Å². The normalized spacial score (nSPS) is 14.2. The number of pyridine rings is 1. The second-order valence-corrected chi connectivity index (χ2v) is 8.00. The zero-order chi connectivity index (χ0) is 25.0. The van der Waals surface area contributed by atoms with Crippen LogP contribution in [0.2, 0.25) is 0 Å². The Bertz CT molecular complexity index is 1160. The Morgan fingerprint density at radius 2 is 1.89 bits per heavy atom. The number of amides is 2. The lowest BCUT2D eigenvalue weighted by Gasteiger charge is -2.36. The van der Waals surface area contributed by atoms with Crippen molar-refractivity contribution >= 4 is 11.7 Å². The van der Waals surface area contributed by atoms with Crippen LogP contribution < -0.4 is 15.0 Å². The zero-order valence-corrected chi connectivity index (χ0v) is 19.4. The molecular formula is C23H26F3N7O2. The lowest BCUT2D eigenvalue weighted by atomic mass is 10.2. The highest BCUT2D eigenvalue weighted by molar-refractivity contribution is 5.74. The number of nitrogens with one attached hydrogen (secondary N) is 1. The summed E-state index contributed by atoms with van der Waals surface area (Å²) in [5.74, 6) is 1.36. The molecule has 1 aliphatic rings. The number of piperazine rings is 1. The number of carbonyl (C=O) groups excluding carboxylic acids is 1. The van der Waals surface area contributed by atoms with Crippen LogP contribution in [0.15, 0.2) is 42.9 Å². The number of rotatable bonds is 6. The molecule has 0 radical (unpaired) electrons. The van der Waals surface area contributed by atoms with Gasteiger partial charge < -0.3 is 19.9 Å². The van der Waals surface area contributed by atoms with Crippen molar-refractivity contribution in [3.63, 3.8) is 0 Å². The molecule has 1 aromatic carbocycles. The highest BCUT2D eigenvalue weighted by atomic mass is 19.4. The van der Waals surface area contributed by atoms with Gasteiger partial charge in [0.1, 0.15) is 29.3 Å². The number of anilines is 1. The van der Waals surface area contributed by atoms with E-state index in [1.54, 1.807) is 15.9 Å². The topological polar surface area (TPSA) is 88.4 Å². The van der Waals surface area contributed by atoms with Crippen LogP contribution in [0.5, 0.6) is 5.75 Å². The molecule has 12 heteroatoms. The summed E-state index contributed by atoms with van der Waals surface area (Å²) in [6.45, 7) is 6.61. The second-order valence-electron chi connectivity index (χ2n) is 8.00. The third kappa shape index (κ3) is 5.81. The van der Waals surface area contributed by atoms with Crippen molar-refractivity contribution in [2.24, 2.45) is 0 Å². The van der Waals surface area contributed by atoms with Crippen molar-refractivity contribution in [3.8, 4) is 11.4 Å². The Balaban J connectivity index is 1.33. The van der Waals surface area contributed by atoms with E-state index in [0.29, 0.717) is 49.9 Å². The standard InChI is InChI=1S/C23H26F3N7O2/c1-3-35-20-12-18(5-6-19(20)33-15-29-16(2)30-33)31-8-10-32(11-9-31)22(34)28-14-17-4-7-21(27-13-17)23(24,25)26/h4-7,12-13,15H,3,8-11,14H2,1-2H3,(H,28,34). The molecule has 1 N–H and O–H groups in total. The van der Waals surface area contributed by atoms with E-state index in [1.807, 2.05) is 32.0 Å². The first-order chi connectivity index (χ1) is 16.7. The molecule has 1 fully saturated rings. The summed E-state index contributed by atoms with van der Waals surface area (Å²) in [5.41, 5.74) is 1.31. The van der Waals surface area contributed by atoms with Crippen molar-refractivity contribution < 1.29 is 22.7 Å². The molecule has 0 bridgehead atoms. The fourth-order valence-corrected chi connectivity index (χ4v) is 3.78. The van der Waals surface area contributed by atoms with Crippen molar-refractivity contribution in [1.29, 1.82) is 0 Å². The maximum atomic E-state index is 12.6. The molecule has 9 nitrogen and oxygen atoms in total. The minimum atomic E-state index is -4.49. The summed E-state index contributed by atoms with van der Waals surface area (Å²) in [6, 6.07) is 7.84. The largest absolute Gasteiger partial charge is 0.492 e. The van der Waals surface area contributed by atoms with E-state index >= 15 is 0 Å². The van der Waals surface area contributed by atoms with Gasteiger partial charge in [-0.25, -0.2) is 14.5 Å². The van der Waals surface area contributed by atoms with Crippen LogP contribution in [-0.4, -0.2) is 63.5 Å². The van der Waals surface area contributed by atoms with Gasteiger partial charge in [-0.1, -0.05) is 6.07 Å². The molecule has 3 heterocycles. The fourth-order valence-electron chi connectivity index (χ4n) is 3.78. The van der Waals surface area contributed by atoms with Crippen LogP contribution >= 0.6 is 0 Å². The first-order valence-electron chi connectivity index (χ1n) is 11.2. The molecule has 0 unspecified atom stereocenters. The minimum Gasteiger partial charge on any atom is -0.492 e. The summed E-state index contributed by atoms with van der Waals surface area (Å²) in [5, 5.41) is 7.10. The quantitative estimate of drug-likeness (QED) is 0.571. The summed E-state index contributed by atoms with van der Waals surface area (Å²) < 4.78 is 45.4. The average Bonchev–Trinajstić information content (AvgIpc) is 3.28. The minimum absolute atomic E-state index is 0.102. The van der Waals surface area contributed by atoms with E-state index < -0.39 is 11.9 Å². The molecule has 0 aliphatic carbocycles. The van der Waals surface area contributed by atoms with Gasteiger partial charge in [-0.2, -0.15) is 18.3 Å². The van der Waals surface area contributed by atoms with Gasteiger partial charge in [0, 0.05) is 50.7 Å². The molecule has 4 rings (SSSR count).